The number of hydrogen-bond donors (Lipinski definition) is 2. The number of aryl methyl sites for hydroxylation is 2. The van der Waals surface area contributed by atoms with Crippen molar-refractivity contribution in [2.45, 2.75) is 24.5 Å². The lowest BCUT2D eigenvalue weighted by Gasteiger charge is -2.09. The molecule has 0 spiro atoms. The quantitative estimate of drug-likeness (QED) is 0.817. The maximum atomic E-state index is 12.1. The molecule has 1 aromatic carbocycles. The highest BCUT2D eigenvalue weighted by atomic mass is 35.5. The zero-order valence-electron chi connectivity index (χ0n) is 12.7. The van der Waals surface area contributed by atoms with E-state index in [1.165, 1.54) is 11.3 Å². The highest BCUT2D eigenvalue weighted by molar-refractivity contribution is 7.91. The number of amides is 1. The average Bonchev–Trinajstić information content (AvgIpc) is 2.98. The van der Waals surface area contributed by atoms with Crippen LogP contribution >= 0.6 is 22.9 Å². The van der Waals surface area contributed by atoms with Gasteiger partial charge in [0.2, 0.25) is 5.91 Å². The zero-order valence-corrected chi connectivity index (χ0v) is 15.1. The molecule has 1 heterocycles. The number of hydrogen-bond acceptors (Lipinski definition) is 4. The van der Waals surface area contributed by atoms with Gasteiger partial charge in [0, 0.05) is 15.6 Å². The van der Waals surface area contributed by atoms with Gasteiger partial charge in [0.05, 0.1) is 6.54 Å². The van der Waals surface area contributed by atoms with Gasteiger partial charge in [-0.1, -0.05) is 18.5 Å². The highest BCUT2D eigenvalue weighted by Crippen LogP contribution is 2.22. The molecule has 0 atom stereocenters. The van der Waals surface area contributed by atoms with Gasteiger partial charge < -0.3 is 5.32 Å². The predicted molar refractivity (Wildman–Crippen MR) is 93.7 cm³/mol. The summed E-state index contributed by atoms with van der Waals surface area (Å²) < 4.78 is 26.8. The molecule has 0 saturated carbocycles. The number of benzene rings is 1. The van der Waals surface area contributed by atoms with Crippen LogP contribution in [0.15, 0.2) is 34.5 Å². The van der Waals surface area contributed by atoms with E-state index in [2.05, 4.69) is 10.0 Å². The lowest BCUT2D eigenvalue weighted by atomic mass is 10.2. The molecule has 0 radical (unpaired) electrons. The fraction of sp³-hybridized carbons (Fsp3) is 0.267. The van der Waals surface area contributed by atoms with E-state index in [4.69, 9.17) is 11.6 Å². The van der Waals surface area contributed by atoms with E-state index in [9.17, 15) is 13.2 Å². The minimum absolute atomic E-state index is 0.213. The van der Waals surface area contributed by atoms with Crippen molar-refractivity contribution in [3.63, 3.8) is 0 Å². The van der Waals surface area contributed by atoms with Crippen molar-refractivity contribution < 1.29 is 13.2 Å². The predicted octanol–water partition coefficient (Wildman–Crippen LogP) is 3.19. The first-order chi connectivity index (χ1) is 10.8. The van der Waals surface area contributed by atoms with Crippen LogP contribution in [0.2, 0.25) is 5.02 Å². The Hall–Kier alpha value is -1.41. The van der Waals surface area contributed by atoms with E-state index < -0.39 is 15.9 Å². The number of anilines is 1. The molecule has 0 aliphatic heterocycles. The third-order valence-corrected chi connectivity index (χ3v) is 6.49. The smallest absolute Gasteiger partial charge is 0.250 e. The lowest BCUT2D eigenvalue weighted by molar-refractivity contribution is -0.115. The minimum Gasteiger partial charge on any atom is -0.325 e. The third kappa shape index (κ3) is 4.78. The first-order valence-corrected chi connectivity index (χ1v) is 9.64. The molecular formula is C15H17ClN2O3S2. The van der Waals surface area contributed by atoms with E-state index in [1.54, 1.807) is 30.3 Å². The fourth-order valence-corrected chi connectivity index (χ4v) is 4.43. The van der Waals surface area contributed by atoms with Crippen LogP contribution in [0.25, 0.3) is 0 Å². The molecule has 0 bridgehead atoms. The molecule has 0 aliphatic carbocycles. The van der Waals surface area contributed by atoms with Crippen LogP contribution in [0.4, 0.5) is 5.69 Å². The summed E-state index contributed by atoms with van der Waals surface area (Å²) in [7, 11) is -3.67. The van der Waals surface area contributed by atoms with Crippen LogP contribution in [0.5, 0.6) is 0 Å². The Labute approximate surface area is 144 Å². The van der Waals surface area contributed by atoms with E-state index >= 15 is 0 Å². The number of nitrogens with one attached hydrogen (secondary N) is 2. The second kappa shape index (κ2) is 7.44. The van der Waals surface area contributed by atoms with Crippen LogP contribution in [0.1, 0.15) is 17.4 Å². The Bertz CT molecular complexity index is 816. The van der Waals surface area contributed by atoms with Gasteiger partial charge in [0.25, 0.3) is 10.0 Å². The topological polar surface area (TPSA) is 75.3 Å². The van der Waals surface area contributed by atoms with Gasteiger partial charge in [-0.25, -0.2) is 13.1 Å². The summed E-state index contributed by atoms with van der Waals surface area (Å²) >= 11 is 7.06. The maximum Gasteiger partial charge on any atom is 0.250 e. The average molecular weight is 373 g/mol. The van der Waals surface area contributed by atoms with E-state index in [1.807, 2.05) is 13.8 Å². The summed E-state index contributed by atoms with van der Waals surface area (Å²) in [5.74, 6) is -0.439. The Balaban J connectivity index is 1.98. The normalized spacial score (nSPS) is 11.4. The van der Waals surface area contributed by atoms with Gasteiger partial charge in [-0.2, -0.15) is 0 Å². The molecule has 0 saturated heterocycles. The Kier molecular flexibility index (Phi) is 5.80. The van der Waals surface area contributed by atoms with Crippen molar-refractivity contribution in [2.75, 3.05) is 11.9 Å². The van der Waals surface area contributed by atoms with Crippen LogP contribution in [0.3, 0.4) is 0 Å². The molecule has 8 heteroatoms. The van der Waals surface area contributed by atoms with Crippen molar-refractivity contribution in [1.29, 1.82) is 0 Å². The lowest BCUT2D eigenvalue weighted by Crippen LogP contribution is -2.32. The van der Waals surface area contributed by atoms with Crippen LogP contribution in [-0.2, 0) is 21.2 Å². The maximum absolute atomic E-state index is 12.1. The van der Waals surface area contributed by atoms with Crippen molar-refractivity contribution in [2.24, 2.45) is 0 Å². The summed E-state index contributed by atoms with van der Waals surface area (Å²) in [6, 6.07) is 8.38. The van der Waals surface area contributed by atoms with Crippen LogP contribution in [-0.4, -0.2) is 20.9 Å². The summed E-state index contributed by atoms with van der Waals surface area (Å²) in [6.45, 7) is 3.44. The first-order valence-electron chi connectivity index (χ1n) is 6.96. The number of sulfonamides is 1. The Morgan fingerprint density at radius 2 is 2.00 bits per heavy atom. The van der Waals surface area contributed by atoms with Crippen molar-refractivity contribution in [3.8, 4) is 0 Å². The van der Waals surface area contributed by atoms with Gasteiger partial charge in [-0.05, 0) is 49.2 Å². The van der Waals surface area contributed by atoms with E-state index in [0.717, 1.165) is 16.9 Å². The van der Waals surface area contributed by atoms with Gasteiger partial charge in [-0.15, -0.1) is 11.3 Å². The van der Waals surface area contributed by atoms with Gasteiger partial charge in [-0.3, -0.25) is 4.79 Å². The zero-order chi connectivity index (χ0) is 17.0. The third-order valence-electron chi connectivity index (χ3n) is 3.14. The summed E-state index contributed by atoms with van der Waals surface area (Å²) in [4.78, 5) is 12.9. The molecule has 124 valence electrons. The number of halogens is 1. The van der Waals surface area contributed by atoms with Gasteiger partial charge in [0.1, 0.15) is 4.21 Å². The molecular weight excluding hydrogens is 356 g/mol. The number of carbonyl (C=O) groups is 1. The fourth-order valence-electron chi connectivity index (χ4n) is 1.89. The van der Waals surface area contributed by atoms with Crippen LogP contribution < -0.4 is 10.0 Å². The molecule has 2 N–H and O–H groups in total. The SMILES string of the molecule is CCc1ccc(S(=O)(=O)NCC(=O)Nc2ccc(Cl)cc2C)s1. The van der Waals surface area contributed by atoms with Crippen molar-refractivity contribution in [1.82, 2.24) is 4.72 Å². The summed E-state index contributed by atoms with van der Waals surface area (Å²) in [5, 5.41) is 3.23. The number of rotatable bonds is 6. The second-order valence-corrected chi connectivity index (χ2v) is 8.50. The van der Waals surface area contributed by atoms with E-state index in [0.29, 0.717) is 10.7 Å². The van der Waals surface area contributed by atoms with Crippen molar-refractivity contribution >= 4 is 44.6 Å². The van der Waals surface area contributed by atoms with E-state index in [-0.39, 0.29) is 10.8 Å². The molecule has 2 rings (SSSR count). The van der Waals surface area contributed by atoms with Gasteiger partial charge >= 0.3 is 0 Å². The molecule has 0 unspecified atom stereocenters. The number of thiophene rings is 1. The molecule has 23 heavy (non-hydrogen) atoms. The van der Waals surface area contributed by atoms with Gasteiger partial charge in [0.15, 0.2) is 0 Å². The molecule has 1 aromatic heterocycles. The molecule has 2 aromatic rings. The van der Waals surface area contributed by atoms with Crippen LogP contribution in [0, 0.1) is 6.92 Å². The summed E-state index contributed by atoms with van der Waals surface area (Å²) in [5.41, 5.74) is 1.41. The van der Waals surface area contributed by atoms with Crippen molar-refractivity contribution in [3.05, 3.63) is 45.8 Å². The molecule has 5 nitrogen and oxygen atoms in total. The largest absolute Gasteiger partial charge is 0.325 e. The summed E-state index contributed by atoms with van der Waals surface area (Å²) in [6.07, 6.45) is 0.774. The molecule has 0 aliphatic rings. The first kappa shape index (κ1) is 17.9. The Morgan fingerprint density at radius 1 is 1.26 bits per heavy atom. The second-order valence-electron chi connectivity index (χ2n) is 4.91. The standard InChI is InChI=1S/C15H17ClN2O3S2/c1-3-12-5-7-15(22-12)23(20,21)17-9-14(19)18-13-6-4-11(16)8-10(13)2/h4-8,17H,3,9H2,1-2H3,(H,18,19). The molecule has 1 amide bonds. The monoisotopic (exact) mass is 372 g/mol. The number of carbonyl (C=O) groups excluding carboxylic acids is 1. The minimum atomic E-state index is -3.67. The molecule has 0 fully saturated rings. The Morgan fingerprint density at radius 3 is 2.61 bits per heavy atom. The highest BCUT2D eigenvalue weighted by Gasteiger charge is 2.18.